The maximum atomic E-state index is 4.93. The fourth-order valence-electron chi connectivity index (χ4n) is 4.00. The summed E-state index contributed by atoms with van der Waals surface area (Å²) in [5, 5.41) is 0. The predicted octanol–water partition coefficient (Wildman–Crippen LogP) is 6.51. The molecule has 4 rings (SSSR count). The molecule has 0 aliphatic heterocycles. The number of hydrogen-bond acceptors (Lipinski definition) is 0. The predicted molar refractivity (Wildman–Crippen MR) is 103 cm³/mol. The first-order valence-corrected chi connectivity index (χ1v) is 14.6. The van der Waals surface area contributed by atoms with Crippen molar-refractivity contribution in [3.05, 3.63) is 107 Å². The summed E-state index contributed by atoms with van der Waals surface area (Å²) in [6.07, 6.45) is 1.05. The van der Waals surface area contributed by atoms with E-state index >= 15 is 0 Å². The summed E-state index contributed by atoms with van der Waals surface area (Å²) in [6, 6.07) is 31.7. The summed E-state index contributed by atoms with van der Waals surface area (Å²) in [6.45, 7) is 2.40. The molecule has 1 aliphatic rings. The van der Waals surface area contributed by atoms with Crippen molar-refractivity contribution in [2.45, 2.75) is 24.7 Å². The normalized spacial score (nSPS) is 21.0. The molecule has 1 aliphatic carbocycles. The van der Waals surface area contributed by atoms with E-state index in [4.69, 9.17) is 17.0 Å². The Morgan fingerprint density at radius 2 is 1.52 bits per heavy atom. The second-order valence-electron chi connectivity index (χ2n) is 6.48. The Hall–Kier alpha value is -0.877. The van der Waals surface area contributed by atoms with Crippen molar-refractivity contribution in [1.82, 2.24) is 0 Å². The molecule has 0 nitrogen and oxygen atoms in total. The van der Waals surface area contributed by atoms with Crippen LogP contribution in [0, 0.1) is 6.07 Å². The molecule has 3 aromatic rings. The third kappa shape index (κ3) is 3.95. The van der Waals surface area contributed by atoms with Gasteiger partial charge in [0.25, 0.3) is 0 Å². The van der Waals surface area contributed by atoms with Gasteiger partial charge in [-0.05, 0) is 34.7 Å². The zero-order chi connectivity index (χ0) is 17.7. The molecule has 25 heavy (non-hydrogen) atoms. The Morgan fingerprint density at radius 3 is 2.16 bits per heavy atom. The van der Waals surface area contributed by atoms with Crippen LogP contribution in [0.15, 0.2) is 78.9 Å². The Morgan fingerprint density at radius 1 is 0.920 bits per heavy atom. The van der Waals surface area contributed by atoms with Crippen LogP contribution in [-0.2, 0) is 32.7 Å². The molecule has 0 amide bonds. The number of hydrogen-bond donors (Lipinski definition) is 0. The van der Waals surface area contributed by atoms with Gasteiger partial charge in [-0.25, -0.2) is 0 Å². The van der Waals surface area contributed by atoms with Crippen LogP contribution < -0.4 is 0 Å². The molecular formula is C22H19Cl2Zr. The SMILES string of the molecule is CC1(c2ccccc2)Cc2[c]cccc2C1c1ccccc1.[Cl][Zr][Cl]. The van der Waals surface area contributed by atoms with Crippen molar-refractivity contribution < 1.29 is 20.8 Å². The number of benzene rings is 3. The number of rotatable bonds is 2. The molecule has 0 spiro atoms. The third-order valence-corrected chi connectivity index (χ3v) is 5.04. The molecule has 2 atom stereocenters. The molecule has 2 unspecified atom stereocenters. The van der Waals surface area contributed by atoms with Gasteiger partial charge in [-0.1, -0.05) is 85.8 Å². The molecule has 3 heteroatoms. The molecule has 0 saturated carbocycles. The fraction of sp³-hybridized carbons (Fsp3) is 0.182. The summed E-state index contributed by atoms with van der Waals surface area (Å²) < 4.78 is 0. The van der Waals surface area contributed by atoms with E-state index in [-0.39, 0.29) is 5.41 Å². The van der Waals surface area contributed by atoms with Crippen LogP contribution in [0.4, 0.5) is 0 Å². The molecule has 1 radical (unpaired) electrons. The molecule has 125 valence electrons. The van der Waals surface area contributed by atoms with E-state index in [9.17, 15) is 0 Å². The van der Waals surface area contributed by atoms with Crippen molar-refractivity contribution in [3.8, 4) is 0 Å². The first-order valence-electron chi connectivity index (χ1n) is 8.27. The van der Waals surface area contributed by atoms with Gasteiger partial charge in [-0.2, -0.15) is 0 Å². The average Bonchev–Trinajstić information content (AvgIpc) is 2.97. The minimum atomic E-state index is -0.826. The molecule has 0 fully saturated rings. The van der Waals surface area contributed by atoms with Crippen molar-refractivity contribution in [3.63, 3.8) is 0 Å². The van der Waals surface area contributed by atoms with Crippen LogP contribution in [0.2, 0.25) is 0 Å². The van der Waals surface area contributed by atoms with Crippen molar-refractivity contribution >= 4 is 17.0 Å². The molecule has 0 aromatic heterocycles. The second kappa shape index (κ2) is 8.67. The number of halogens is 2. The Kier molecular flexibility index (Phi) is 6.56. The third-order valence-electron chi connectivity index (χ3n) is 5.04. The molecule has 0 N–H and O–H groups in total. The van der Waals surface area contributed by atoms with Gasteiger partial charge in [-0.15, -0.1) is 0 Å². The van der Waals surface area contributed by atoms with Crippen LogP contribution in [0.3, 0.4) is 0 Å². The quantitative estimate of drug-likeness (QED) is 0.422. The standard InChI is InChI=1S/C22H19.2ClH.Zr/c1-22(19-13-6-3-7-14-19)16-18-12-8-9-15-20(18)21(22)17-10-4-2-5-11-17;;;/h2-11,13-15,21H,16H2,1H3;2*1H;/q;;;+2/p-2. The van der Waals surface area contributed by atoms with E-state index in [0.717, 1.165) is 6.42 Å². The molecule has 0 saturated heterocycles. The van der Waals surface area contributed by atoms with Crippen molar-refractivity contribution in [1.29, 1.82) is 0 Å². The van der Waals surface area contributed by atoms with E-state index in [0.29, 0.717) is 5.92 Å². The van der Waals surface area contributed by atoms with Gasteiger partial charge in [0.15, 0.2) is 0 Å². The topological polar surface area (TPSA) is 0 Å². The fourth-order valence-corrected chi connectivity index (χ4v) is 4.00. The van der Waals surface area contributed by atoms with Gasteiger partial charge >= 0.3 is 37.9 Å². The van der Waals surface area contributed by atoms with Crippen molar-refractivity contribution in [2.75, 3.05) is 0 Å². The van der Waals surface area contributed by atoms with E-state index in [1.807, 2.05) is 6.07 Å². The Labute approximate surface area is 168 Å². The van der Waals surface area contributed by atoms with Crippen LogP contribution >= 0.6 is 17.0 Å². The van der Waals surface area contributed by atoms with Gasteiger partial charge < -0.3 is 0 Å². The zero-order valence-electron chi connectivity index (χ0n) is 14.0. The maximum absolute atomic E-state index is 4.93. The van der Waals surface area contributed by atoms with Gasteiger partial charge in [0.1, 0.15) is 0 Å². The minimum absolute atomic E-state index is 0.0861. The molecule has 0 heterocycles. The van der Waals surface area contributed by atoms with Crippen LogP contribution in [0.1, 0.15) is 35.1 Å². The summed E-state index contributed by atoms with van der Waals surface area (Å²) in [5.41, 5.74) is 5.69. The van der Waals surface area contributed by atoms with E-state index in [1.54, 1.807) is 0 Å². The zero-order valence-corrected chi connectivity index (χ0v) is 18.0. The van der Waals surface area contributed by atoms with Crippen LogP contribution in [0.5, 0.6) is 0 Å². The summed E-state index contributed by atoms with van der Waals surface area (Å²) in [5.74, 6) is 0.392. The summed E-state index contributed by atoms with van der Waals surface area (Å²) in [4.78, 5) is 0. The van der Waals surface area contributed by atoms with E-state index < -0.39 is 20.8 Å². The second-order valence-corrected chi connectivity index (χ2v) is 10.2. The molecule has 0 bridgehead atoms. The first kappa shape index (κ1) is 18.9. The monoisotopic (exact) mass is 443 g/mol. The van der Waals surface area contributed by atoms with Crippen LogP contribution in [-0.4, -0.2) is 0 Å². The first-order chi connectivity index (χ1) is 12.2. The van der Waals surface area contributed by atoms with E-state index in [1.165, 1.54) is 22.3 Å². The molecule has 3 aromatic carbocycles. The van der Waals surface area contributed by atoms with Crippen molar-refractivity contribution in [2.24, 2.45) is 0 Å². The van der Waals surface area contributed by atoms with Crippen LogP contribution in [0.25, 0.3) is 0 Å². The van der Waals surface area contributed by atoms with E-state index in [2.05, 4.69) is 85.8 Å². The van der Waals surface area contributed by atoms with Gasteiger partial charge in [-0.3, -0.25) is 0 Å². The summed E-state index contributed by atoms with van der Waals surface area (Å²) in [7, 11) is 9.87. The summed E-state index contributed by atoms with van der Waals surface area (Å²) >= 11 is -0.826. The average molecular weight is 446 g/mol. The van der Waals surface area contributed by atoms with Gasteiger partial charge in [0, 0.05) is 11.3 Å². The number of fused-ring (bicyclic) bond motifs is 1. The van der Waals surface area contributed by atoms with Gasteiger partial charge in [0.05, 0.1) is 0 Å². The Bertz CT molecular complexity index is 805. The Balaban J connectivity index is 0.000000569. The molecular weight excluding hydrogens is 426 g/mol. The van der Waals surface area contributed by atoms with Gasteiger partial charge in [0.2, 0.25) is 0 Å².